The van der Waals surface area contributed by atoms with Crippen molar-refractivity contribution in [1.29, 1.82) is 0 Å². The van der Waals surface area contributed by atoms with E-state index >= 15 is 0 Å². The summed E-state index contributed by atoms with van der Waals surface area (Å²) in [5.74, 6) is 2.08. The largest absolute Gasteiger partial charge is 0.439 e. The van der Waals surface area contributed by atoms with E-state index in [0.29, 0.717) is 18.4 Å². The van der Waals surface area contributed by atoms with Crippen molar-refractivity contribution in [3.8, 4) is 11.3 Å². The van der Waals surface area contributed by atoms with Gasteiger partial charge in [0.25, 0.3) is 0 Å². The van der Waals surface area contributed by atoms with Crippen LogP contribution in [0.4, 0.5) is 0 Å². The van der Waals surface area contributed by atoms with Crippen LogP contribution < -0.4 is 5.32 Å². The van der Waals surface area contributed by atoms with Gasteiger partial charge in [-0.1, -0.05) is 37.6 Å². The Balaban J connectivity index is 2.10. The Morgan fingerprint density at radius 2 is 2.16 bits per heavy atom. The summed E-state index contributed by atoms with van der Waals surface area (Å²) >= 11 is 6.11. The molecular weight excluding hydrogens is 260 g/mol. The summed E-state index contributed by atoms with van der Waals surface area (Å²) in [7, 11) is 0. The SMILES string of the molecule is Cc1c(Cl)cccc1-c1cnc(CNCC(C)C)o1. The standard InChI is InChI=1S/C15H19ClN2O/c1-10(2)7-17-9-15-18-8-14(19-15)12-5-4-6-13(16)11(12)3/h4-6,8,10,17H,7,9H2,1-3H3. The van der Waals surface area contributed by atoms with Crippen molar-refractivity contribution >= 4 is 11.6 Å². The third-order valence-corrected chi connectivity index (χ3v) is 3.32. The molecule has 0 fully saturated rings. The van der Waals surface area contributed by atoms with Gasteiger partial charge in [0.15, 0.2) is 5.76 Å². The zero-order valence-electron chi connectivity index (χ0n) is 11.5. The molecule has 1 aromatic carbocycles. The van der Waals surface area contributed by atoms with Gasteiger partial charge in [0, 0.05) is 10.6 Å². The Morgan fingerprint density at radius 1 is 1.37 bits per heavy atom. The Bertz CT molecular complexity index is 549. The molecule has 0 spiro atoms. The van der Waals surface area contributed by atoms with Gasteiger partial charge in [-0.15, -0.1) is 0 Å². The Morgan fingerprint density at radius 3 is 2.89 bits per heavy atom. The second-order valence-corrected chi connectivity index (χ2v) is 5.46. The molecule has 2 aromatic rings. The summed E-state index contributed by atoms with van der Waals surface area (Å²) in [4.78, 5) is 4.29. The minimum Gasteiger partial charge on any atom is -0.439 e. The lowest BCUT2D eigenvalue weighted by molar-refractivity contribution is 0.459. The van der Waals surface area contributed by atoms with Gasteiger partial charge in [-0.05, 0) is 31.0 Å². The highest BCUT2D eigenvalue weighted by atomic mass is 35.5. The van der Waals surface area contributed by atoms with Gasteiger partial charge in [0.2, 0.25) is 5.89 Å². The smallest absolute Gasteiger partial charge is 0.208 e. The zero-order chi connectivity index (χ0) is 13.8. The zero-order valence-corrected chi connectivity index (χ0v) is 12.3. The Labute approximate surface area is 119 Å². The van der Waals surface area contributed by atoms with Gasteiger partial charge in [-0.25, -0.2) is 4.98 Å². The molecule has 4 heteroatoms. The predicted octanol–water partition coefficient (Wildman–Crippen LogP) is 4.05. The van der Waals surface area contributed by atoms with Gasteiger partial charge in [-0.3, -0.25) is 0 Å². The van der Waals surface area contributed by atoms with Gasteiger partial charge in [0.1, 0.15) is 0 Å². The first kappa shape index (κ1) is 14.1. The molecule has 2 rings (SSSR count). The van der Waals surface area contributed by atoms with Crippen molar-refractivity contribution in [1.82, 2.24) is 10.3 Å². The average Bonchev–Trinajstić information content (AvgIpc) is 2.81. The number of hydrogen-bond acceptors (Lipinski definition) is 3. The van der Waals surface area contributed by atoms with Gasteiger partial charge in [-0.2, -0.15) is 0 Å². The Hall–Kier alpha value is -1.32. The van der Waals surface area contributed by atoms with Crippen molar-refractivity contribution in [2.24, 2.45) is 5.92 Å². The third-order valence-electron chi connectivity index (χ3n) is 2.92. The number of aromatic nitrogens is 1. The highest BCUT2D eigenvalue weighted by Gasteiger charge is 2.10. The number of oxazole rings is 1. The molecule has 0 bridgehead atoms. The lowest BCUT2D eigenvalue weighted by Gasteiger charge is -2.05. The van der Waals surface area contributed by atoms with E-state index in [0.717, 1.165) is 28.5 Å². The molecule has 0 unspecified atom stereocenters. The molecule has 0 aliphatic rings. The molecular formula is C15H19ClN2O. The van der Waals surface area contributed by atoms with Gasteiger partial charge >= 0.3 is 0 Å². The number of rotatable bonds is 5. The summed E-state index contributed by atoms with van der Waals surface area (Å²) in [6.45, 7) is 7.93. The van der Waals surface area contributed by atoms with E-state index in [1.165, 1.54) is 0 Å². The fraction of sp³-hybridized carbons (Fsp3) is 0.400. The van der Waals surface area contributed by atoms with E-state index in [9.17, 15) is 0 Å². The van der Waals surface area contributed by atoms with Crippen LogP contribution in [-0.2, 0) is 6.54 Å². The maximum Gasteiger partial charge on any atom is 0.208 e. The summed E-state index contributed by atoms with van der Waals surface area (Å²) < 4.78 is 5.76. The number of nitrogens with one attached hydrogen (secondary N) is 1. The van der Waals surface area contributed by atoms with E-state index < -0.39 is 0 Å². The maximum atomic E-state index is 6.11. The first-order chi connectivity index (χ1) is 9.08. The molecule has 3 nitrogen and oxygen atoms in total. The van der Waals surface area contributed by atoms with Crippen molar-refractivity contribution < 1.29 is 4.42 Å². The van der Waals surface area contributed by atoms with Crippen LogP contribution in [0.5, 0.6) is 0 Å². The van der Waals surface area contributed by atoms with Gasteiger partial charge in [0.05, 0.1) is 12.7 Å². The fourth-order valence-corrected chi connectivity index (χ4v) is 2.03. The quantitative estimate of drug-likeness (QED) is 0.897. The number of halogens is 1. The molecule has 1 heterocycles. The molecule has 0 aliphatic carbocycles. The van der Waals surface area contributed by atoms with Crippen molar-refractivity contribution in [3.05, 3.63) is 40.9 Å². The molecule has 0 aliphatic heterocycles. The number of nitrogens with zero attached hydrogens (tertiary/aromatic N) is 1. The average molecular weight is 279 g/mol. The van der Waals surface area contributed by atoms with Crippen LogP contribution in [0.1, 0.15) is 25.3 Å². The first-order valence-electron chi connectivity index (χ1n) is 6.49. The van der Waals surface area contributed by atoms with Crippen molar-refractivity contribution in [2.75, 3.05) is 6.54 Å². The van der Waals surface area contributed by atoms with E-state index in [1.807, 2.05) is 25.1 Å². The highest BCUT2D eigenvalue weighted by molar-refractivity contribution is 6.31. The van der Waals surface area contributed by atoms with Crippen LogP contribution in [0, 0.1) is 12.8 Å². The molecule has 1 N–H and O–H groups in total. The monoisotopic (exact) mass is 278 g/mol. The highest BCUT2D eigenvalue weighted by Crippen LogP contribution is 2.28. The second kappa shape index (κ2) is 6.22. The molecule has 0 saturated carbocycles. The van der Waals surface area contributed by atoms with Crippen LogP contribution in [0.3, 0.4) is 0 Å². The molecule has 102 valence electrons. The molecule has 0 saturated heterocycles. The van der Waals surface area contributed by atoms with E-state index in [2.05, 4.69) is 24.1 Å². The maximum absolute atomic E-state index is 6.11. The third kappa shape index (κ3) is 3.58. The van der Waals surface area contributed by atoms with Crippen LogP contribution in [0.15, 0.2) is 28.8 Å². The Kier molecular flexibility index (Phi) is 4.61. The molecule has 19 heavy (non-hydrogen) atoms. The minimum atomic E-state index is 0.615. The lowest BCUT2D eigenvalue weighted by Crippen LogP contribution is -2.18. The summed E-state index contributed by atoms with van der Waals surface area (Å²) in [6, 6.07) is 5.79. The molecule has 0 radical (unpaired) electrons. The second-order valence-electron chi connectivity index (χ2n) is 5.06. The van der Waals surface area contributed by atoms with Gasteiger partial charge < -0.3 is 9.73 Å². The molecule has 0 atom stereocenters. The number of benzene rings is 1. The van der Waals surface area contributed by atoms with Crippen LogP contribution in [-0.4, -0.2) is 11.5 Å². The van der Waals surface area contributed by atoms with E-state index in [4.69, 9.17) is 16.0 Å². The summed E-state index contributed by atoms with van der Waals surface area (Å²) in [5.41, 5.74) is 2.01. The van der Waals surface area contributed by atoms with E-state index in [-0.39, 0.29) is 0 Å². The topological polar surface area (TPSA) is 38.1 Å². The summed E-state index contributed by atoms with van der Waals surface area (Å²) in [5, 5.41) is 4.05. The van der Waals surface area contributed by atoms with Crippen LogP contribution in [0.2, 0.25) is 5.02 Å². The van der Waals surface area contributed by atoms with Crippen molar-refractivity contribution in [2.45, 2.75) is 27.3 Å². The summed E-state index contributed by atoms with van der Waals surface area (Å²) in [6.07, 6.45) is 1.76. The molecule has 1 aromatic heterocycles. The lowest BCUT2D eigenvalue weighted by atomic mass is 10.1. The molecule has 0 amide bonds. The minimum absolute atomic E-state index is 0.615. The normalized spacial score (nSPS) is 11.2. The first-order valence-corrected chi connectivity index (χ1v) is 6.86. The van der Waals surface area contributed by atoms with Crippen LogP contribution >= 0.6 is 11.6 Å². The number of hydrogen-bond donors (Lipinski definition) is 1. The fourth-order valence-electron chi connectivity index (χ4n) is 1.86. The van der Waals surface area contributed by atoms with Crippen LogP contribution in [0.25, 0.3) is 11.3 Å². The van der Waals surface area contributed by atoms with Crippen molar-refractivity contribution in [3.63, 3.8) is 0 Å². The van der Waals surface area contributed by atoms with E-state index in [1.54, 1.807) is 6.20 Å². The predicted molar refractivity (Wildman–Crippen MR) is 78.2 cm³/mol.